The molecule has 172 valence electrons. The standard InChI is InChI=1S/C26H25N5O3/c1-25(16-30-18-29-22-8-3-19(14-28)13-23(22)30)9-2-10-26(15-25)17-31(24(32)34-26)20-4-6-21(7-5-20)33-12-11-27/h3-8,13,18H,2,9-10,12,15-17H2,1H3. The molecule has 1 saturated carbocycles. The van der Waals surface area contributed by atoms with Crippen molar-refractivity contribution < 1.29 is 14.3 Å². The summed E-state index contributed by atoms with van der Waals surface area (Å²) in [7, 11) is 0. The van der Waals surface area contributed by atoms with Crippen molar-refractivity contribution >= 4 is 22.8 Å². The summed E-state index contributed by atoms with van der Waals surface area (Å²) in [5.41, 5.74) is 2.57. The zero-order chi connectivity index (χ0) is 23.8. The number of carbonyl (C=O) groups is 1. The zero-order valence-electron chi connectivity index (χ0n) is 19.0. The molecular formula is C26H25N5O3. The number of nitrogens with zero attached hydrogens (tertiary/aromatic N) is 5. The Bertz CT molecular complexity index is 1320. The Kier molecular flexibility index (Phi) is 5.37. The van der Waals surface area contributed by atoms with Gasteiger partial charge in [-0.05, 0) is 73.6 Å². The van der Waals surface area contributed by atoms with Gasteiger partial charge in [0.05, 0.1) is 35.5 Å². The van der Waals surface area contributed by atoms with Gasteiger partial charge in [0.25, 0.3) is 0 Å². The molecule has 2 aliphatic rings. The predicted molar refractivity (Wildman–Crippen MR) is 125 cm³/mol. The van der Waals surface area contributed by atoms with Gasteiger partial charge in [-0.3, -0.25) is 4.90 Å². The minimum Gasteiger partial charge on any atom is -0.479 e. The Morgan fingerprint density at radius 3 is 2.76 bits per heavy atom. The Hall–Kier alpha value is -4.04. The third-order valence-corrected chi connectivity index (χ3v) is 6.89. The highest BCUT2D eigenvalue weighted by molar-refractivity contribution is 5.90. The molecule has 0 radical (unpaired) electrons. The number of imidazole rings is 1. The molecule has 1 saturated heterocycles. The highest BCUT2D eigenvalue weighted by Crippen LogP contribution is 2.48. The fourth-order valence-corrected chi connectivity index (χ4v) is 5.47. The molecule has 8 nitrogen and oxygen atoms in total. The summed E-state index contributed by atoms with van der Waals surface area (Å²) in [5, 5.41) is 17.9. The van der Waals surface area contributed by atoms with Crippen LogP contribution in [0.25, 0.3) is 11.0 Å². The van der Waals surface area contributed by atoms with Crippen molar-refractivity contribution in [3.8, 4) is 17.9 Å². The first-order valence-corrected chi connectivity index (χ1v) is 11.4. The van der Waals surface area contributed by atoms with Gasteiger partial charge < -0.3 is 14.0 Å². The van der Waals surface area contributed by atoms with E-state index in [1.54, 1.807) is 23.1 Å². The maximum atomic E-state index is 12.9. The molecule has 2 unspecified atom stereocenters. The lowest BCUT2D eigenvalue weighted by molar-refractivity contribution is -0.0264. The first kappa shape index (κ1) is 21.8. The van der Waals surface area contributed by atoms with Gasteiger partial charge >= 0.3 is 6.09 Å². The van der Waals surface area contributed by atoms with Crippen LogP contribution in [0.3, 0.4) is 0 Å². The number of amides is 1. The fourth-order valence-electron chi connectivity index (χ4n) is 5.47. The van der Waals surface area contributed by atoms with Gasteiger partial charge in [-0.15, -0.1) is 0 Å². The lowest BCUT2D eigenvalue weighted by Crippen LogP contribution is -2.45. The van der Waals surface area contributed by atoms with E-state index in [9.17, 15) is 10.1 Å². The molecule has 1 aromatic heterocycles. The molecular weight excluding hydrogens is 430 g/mol. The molecule has 3 aromatic rings. The van der Waals surface area contributed by atoms with E-state index < -0.39 is 5.60 Å². The molecule has 2 heterocycles. The highest BCUT2D eigenvalue weighted by atomic mass is 16.6. The molecule has 34 heavy (non-hydrogen) atoms. The van der Waals surface area contributed by atoms with Gasteiger partial charge in [-0.2, -0.15) is 10.5 Å². The van der Waals surface area contributed by atoms with Crippen LogP contribution in [0.4, 0.5) is 10.5 Å². The van der Waals surface area contributed by atoms with Gasteiger partial charge in [-0.25, -0.2) is 9.78 Å². The number of carbonyl (C=O) groups excluding carboxylic acids is 1. The van der Waals surface area contributed by atoms with Crippen LogP contribution in [0.15, 0.2) is 48.8 Å². The zero-order valence-corrected chi connectivity index (χ0v) is 19.0. The summed E-state index contributed by atoms with van der Waals surface area (Å²) in [6.07, 6.45) is 5.08. The van der Waals surface area contributed by atoms with E-state index in [2.05, 4.69) is 22.5 Å². The lowest BCUT2D eigenvalue weighted by Gasteiger charge is -2.43. The molecule has 1 spiro atoms. The third kappa shape index (κ3) is 4.04. The van der Waals surface area contributed by atoms with Gasteiger partial charge in [0.2, 0.25) is 0 Å². The number of aromatic nitrogens is 2. The molecule has 2 fully saturated rings. The quantitative estimate of drug-likeness (QED) is 0.548. The first-order chi connectivity index (χ1) is 16.4. The second kappa shape index (κ2) is 8.39. The number of hydrogen-bond acceptors (Lipinski definition) is 6. The Morgan fingerprint density at radius 1 is 1.18 bits per heavy atom. The molecule has 5 rings (SSSR count). The van der Waals surface area contributed by atoms with Crippen molar-refractivity contribution in [3.05, 3.63) is 54.4 Å². The largest absolute Gasteiger partial charge is 0.479 e. The van der Waals surface area contributed by atoms with Crippen LogP contribution < -0.4 is 9.64 Å². The summed E-state index contributed by atoms with van der Waals surface area (Å²) >= 11 is 0. The molecule has 1 aliphatic carbocycles. The molecule has 2 atom stereocenters. The predicted octanol–water partition coefficient (Wildman–Crippen LogP) is 4.79. The summed E-state index contributed by atoms with van der Waals surface area (Å²) in [4.78, 5) is 19.0. The van der Waals surface area contributed by atoms with Crippen molar-refractivity contribution in [2.24, 2.45) is 5.41 Å². The van der Waals surface area contributed by atoms with E-state index in [0.717, 1.165) is 48.9 Å². The SMILES string of the molecule is CC1(Cn2cnc3ccc(C#N)cc32)CCCC2(CN(c3ccc(OCC#N)cc3)C(=O)O2)C1. The van der Waals surface area contributed by atoms with Crippen LogP contribution in [0, 0.1) is 28.1 Å². The monoisotopic (exact) mass is 455 g/mol. The van der Waals surface area contributed by atoms with Gasteiger partial charge in [0.15, 0.2) is 6.61 Å². The van der Waals surface area contributed by atoms with E-state index in [0.29, 0.717) is 17.9 Å². The summed E-state index contributed by atoms with van der Waals surface area (Å²) in [6, 6.07) is 16.8. The van der Waals surface area contributed by atoms with E-state index in [1.807, 2.05) is 36.7 Å². The molecule has 0 bridgehead atoms. The molecule has 0 N–H and O–H groups in total. The second-order valence-electron chi connectivity index (χ2n) is 9.61. The normalized spacial score (nSPS) is 24.1. The smallest absolute Gasteiger partial charge is 0.415 e. The summed E-state index contributed by atoms with van der Waals surface area (Å²) in [5.74, 6) is 0.588. The maximum Gasteiger partial charge on any atom is 0.415 e. The number of rotatable bonds is 5. The van der Waals surface area contributed by atoms with Crippen LogP contribution in [0.1, 0.15) is 38.2 Å². The molecule has 1 aliphatic heterocycles. The number of hydrogen-bond donors (Lipinski definition) is 0. The van der Waals surface area contributed by atoms with E-state index in [1.165, 1.54) is 0 Å². The molecule has 8 heteroatoms. The Balaban J connectivity index is 1.34. The van der Waals surface area contributed by atoms with Crippen LogP contribution in [0.2, 0.25) is 0 Å². The number of ether oxygens (including phenoxy) is 2. The van der Waals surface area contributed by atoms with E-state index >= 15 is 0 Å². The van der Waals surface area contributed by atoms with Crippen LogP contribution in [0.5, 0.6) is 5.75 Å². The summed E-state index contributed by atoms with van der Waals surface area (Å²) < 4.78 is 13.5. The first-order valence-electron chi connectivity index (χ1n) is 11.4. The van der Waals surface area contributed by atoms with Gasteiger partial charge in [-0.1, -0.05) is 6.92 Å². The second-order valence-corrected chi connectivity index (χ2v) is 9.61. The minimum absolute atomic E-state index is 0.0170. The van der Waals surface area contributed by atoms with Crippen LogP contribution >= 0.6 is 0 Å². The van der Waals surface area contributed by atoms with Crippen molar-refractivity contribution in [1.82, 2.24) is 9.55 Å². The highest BCUT2D eigenvalue weighted by Gasteiger charge is 2.51. The Labute approximate surface area is 197 Å². The van der Waals surface area contributed by atoms with E-state index in [-0.39, 0.29) is 18.1 Å². The fraction of sp³-hybridized carbons (Fsp3) is 0.385. The van der Waals surface area contributed by atoms with Crippen LogP contribution in [-0.4, -0.2) is 34.4 Å². The van der Waals surface area contributed by atoms with Crippen molar-refractivity contribution in [3.63, 3.8) is 0 Å². The van der Waals surface area contributed by atoms with Gasteiger partial charge in [0.1, 0.15) is 17.4 Å². The number of anilines is 1. The van der Waals surface area contributed by atoms with Crippen molar-refractivity contribution in [2.75, 3.05) is 18.1 Å². The lowest BCUT2D eigenvalue weighted by atomic mass is 9.68. The van der Waals surface area contributed by atoms with Crippen LogP contribution in [-0.2, 0) is 11.3 Å². The Morgan fingerprint density at radius 2 is 2.00 bits per heavy atom. The minimum atomic E-state index is -0.533. The number of fused-ring (bicyclic) bond motifs is 1. The van der Waals surface area contributed by atoms with Crippen molar-refractivity contribution in [2.45, 2.75) is 44.8 Å². The number of benzene rings is 2. The topological polar surface area (TPSA) is 104 Å². The molecule has 1 amide bonds. The van der Waals surface area contributed by atoms with Crippen molar-refractivity contribution in [1.29, 1.82) is 10.5 Å². The number of nitriles is 2. The average molecular weight is 456 g/mol. The van der Waals surface area contributed by atoms with E-state index in [4.69, 9.17) is 14.7 Å². The maximum absolute atomic E-state index is 12.9. The molecule has 2 aromatic carbocycles. The third-order valence-electron chi connectivity index (χ3n) is 6.89. The van der Waals surface area contributed by atoms with Gasteiger partial charge in [0, 0.05) is 12.2 Å². The summed E-state index contributed by atoms with van der Waals surface area (Å²) in [6.45, 7) is 3.47. The average Bonchev–Trinajstić information content (AvgIpc) is 3.37.